The van der Waals surface area contributed by atoms with Gasteiger partial charge < -0.3 is 19.9 Å². The number of nitrogens with one attached hydrogen (secondary N) is 2. The maximum Gasteiger partial charge on any atom is 0.261 e. The van der Waals surface area contributed by atoms with Crippen molar-refractivity contribution in [3.63, 3.8) is 0 Å². The Kier molecular flexibility index (Phi) is 6.69. The predicted octanol–water partition coefficient (Wildman–Crippen LogP) is 1.90. The van der Waals surface area contributed by atoms with Crippen molar-refractivity contribution < 1.29 is 9.53 Å². The van der Waals surface area contributed by atoms with Crippen LogP contribution >= 0.6 is 11.3 Å². The summed E-state index contributed by atoms with van der Waals surface area (Å²) in [5.74, 6) is 0.431. The van der Waals surface area contributed by atoms with E-state index in [2.05, 4.69) is 15.3 Å². The van der Waals surface area contributed by atoms with Crippen LogP contribution < -0.4 is 10.9 Å². The SMILES string of the molecule is Cc1c(C(=O)NCCCOC(C)C)sc2nc(CN(C)C)[nH]c(=O)c12. The van der Waals surface area contributed by atoms with Crippen molar-refractivity contribution in [3.05, 3.63) is 26.6 Å². The van der Waals surface area contributed by atoms with E-state index in [0.29, 0.717) is 46.2 Å². The number of thiophene rings is 1. The molecule has 0 radical (unpaired) electrons. The van der Waals surface area contributed by atoms with E-state index in [0.717, 1.165) is 6.42 Å². The Bertz CT molecular complexity index is 795. The summed E-state index contributed by atoms with van der Waals surface area (Å²) in [6.45, 7) is 7.44. The standard InChI is InChI=1S/C17H26N4O3S/c1-10(2)24-8-6-7-18-16(23)14-11(3)13-15(22)19-12(9-21(4)5)20-17(13)25-14/h10H,6-9H2,1-5H3,(H,18,23)(H,19,20,22). The van der Waals surface area contributed by atoms with Crippen molar-refractivity contribution in [2.75, 3.05) is 27.2 Å². The molecule has 0 aliphatic heterocycles. The number of ether oxygens (including phenoxy) is 1. The highest BCUT2D eigenvalue weighted by Crippen LogP contribution is 2.26. The largest absolute Gasteiger partial charge is 0.379 e. The molecular weight excluding hydrogens is 340 g/mol. The number of aromatic nitrogens is 2. The van der Waals surface area contributed by atoms with E-state index in [4.69, 9.17) is 4.74 Å². The molecule has 0 aromatic carbocycles. The van der Waals surface area contributed by atoms with Gasteiger partial charge in [0.1, 0.15) is 10.7 Å². The van der Waals surface area contributed by atoms with Gasteiger partial charge in [-0.1, -0.05) is 0 Å². The van der Waals surface area contributed by atoms with Crippen molar-refractivity contribution >= 4 is 27.5 Å². The summed E-state index contributed by atoms with van der Waals surface area (Å²) in [5, 5.41) is 3.38. The number of aromatic amines is 1. The van der Waals surface area contributed by atoms with Gasteiger partial charge in [0.15, 0.2) is 0 Å². The number of H-pyrrole nitrogens is 1. The second kappa shape index (κ2) is 8.55. The number of carbonyl (C=O) groups is 1. The minimum absolute atomic E-state index is 0.168. The zero-order valence-electron chi connectivity index (χ0n) is 15.4. The van der Waals surface area contributed by atoms with Gasteiger partial charge in [-0.15, -0.1) is 11.3 Å². The Morgan fingerprint density at radius 3 is 2.76 bits per heavy atom. The molecule has 0 atom stereocenters. The number of amides is 1. The molecule has 0 fully saturated rings. The molecule has 0 spiro atoms. The molecule has 2 N–H and O–H groups in total. The highest BCUT2D eigenvalue weighted by atomic mass is 32.1. The van der Waals surface area contributed by atoms with Gasteiger partial charge in [0.25, 0.3) is 11.5 Å². The summed E-state index contributed by atoms with van der Waals surface area (Å²) in [7, 11) is 3.82. The molecule has 8 heteroatoms. The fourth-order valence-corrected chi connectivity index (χ4v) is 3.57. The third-order valence-corrected chi connectivity index (χ3v) is 4.76. The maximum atomic E-state index is 12.4. The molecule has 0 bridgehead atoms. The zero-order valence-corrected chi connectivity index (χ0v) is 16.2. The molecule has 2 aromatic heterocycles. The summed E-state index contributed by atoms with van der Waals surface area (Å²) in [5.41, 5.74) is 0.487. The van der Waals surface area contributed by atoms with Crippen LogP contribution in [0, 0.1) is 6.92 Å². The number of hydrogen-bond acceptors (Lipinski definition) is 6. The van der Waals surface area contributed by atoms with Crippen LogP contribution in [0.4, 0.5) is 0 Å². The second-order valence-electron chi connectivity index (χ2n) is 6.52. The monoisotopic (exact) mass is 366 g/mol. The van der Waals surface area contributed by atoms with Crippen molar-refractivity contribution in [1.82, 2.24) is 20.2 Å². The molecule has 0 aliphatic carbocycles. The molecule has 0 saturated carbocycles. The smallest absolute Gasteiger partial charge is 0.261 e. The van der Waals surface area contributed by atoms with Crippen LogP contribution in [0.15, 0.2) is 4.79 Å². The summed E-state index contributed by atoms with van der Waals surface area (Å²) >= 11 is 1.26. The summed E-state index contributed by atoms with van der Waals surface area (Å²) in [6.07, 6.45) is 0.939. The fourth-order valence-electron chi connectivity index (χ4n) is 2.45. The first kappa shape index (κ1) is 19.6. The number of carbonyl (C=O) groups excluding carboxylic acids is 1. The molecule has 7 nitrogen and oxygen atoms in total. The van der Waals surface area contributed by atoms with Crippen LogP contribution in [0.2, 0.25) is 0 Å². The molecule has 0 unspecified atom stereocenters. The third-order valence-electron chi connectivity index (χ3n) is 3.58. The first-order chi connectivity index (χ1) is 11.8. The summed E-state index contributed by atoms with van der Waals surface area (Å²) < 4.78 is 5.45. The minimum atomic E-state index is -0.194. The van der Waals surface area contributed by atoms with Crippen LogP contribution in [0.25, 0.3) is 10.2 Å². The normalized spacial score (nSPS) is 11.6. The molecule has 1 amide bonds. The van der Waals surface area contributed by atoms with Gasteiger partial charge in [-0.25, -0.2) is 4.98 Å². The Hall–Kier alpha value is -1.77. The molecule has 0 aliphatic rings. The van der Waals surface area contributed by atoms with Crippen LogP contribution in [0.5, 0.6) is 0 Å². The second-order valence-corrected chi connectivity index (χ2v) is 7.51. The zero-order chi connectivity index (χ0) is 18.6. The first-order valence-corrected chi connectivity index (χ1v) is 9.18. The van der Waals surface area contributed by atoms with Crippen LogP contribution in [-0.2, 0) is 11.3 Å². The number of fused-ring (bicyclic) bond motifs is 1. The van der Waals surface area contributed by atoms with Crippen molar-refractivity contribution in [2.45, 2.75) is 39.8 Å². The van der Waals surface area contributed by atoms with E-state index < -0.39 is 0 Å². The van der Waals surface area contributed by atoms with Crippen molar-refractivity contribution in [2.24, 2.45) is 0 Å². The fraction of sp³-hybridized carbons (Fsp3) is 0.588. The van der Waals surface area contributed by atoms with Gasteiger partial charge in [0.2, 0.25) is 0 Å². The van der Waals surface area contributed by atoms with Crippen LogP contribution in [0.3, 0.4) is 0 Å². The average molecular weight is 366 g/mol. The van der Waals surface area contributed by atoms with Crippen molar-refractivity contribution in [1.29, 1.82) is 0 Å². The van der Waals surface area contributed by atoms with E-state index in [1.54, 1.807) is 6.92 Å². The lowest BCUT2D eigenvalue weighted by atomic mass is 10.2. The lowest BCUT2D eigenvalue weighted by Gasteiger charge is -2.08. The highest BCUT2D eigenvalue weighted by Gasteiger charge is 2.19. The van der Waals surface area contributed by atoms with E-state index in [9.17, 15) is 9.59 Å². The molecule has 2 rings (SSSR count). The lowest BCUT2D eigenvalue weighted by molar-refractivity contribution is 0.0757. The maximum absolute atomic E-state index is 12.4. The lowest BCUT2D eigenvalue weighted by Crippen LogP contribution is -2.25. The van der Waals surface area contributed by atoms with Crippen LogP contribution in [-0.4, -0.2) is 54.1 Å². The Morgan fingerprint density at radius 2 is 2.12 bits per heavy atom. The van der Waals surface area contributed by atoms with Gasteiger partial charge in [0, 0.05) is 13.2 Å². The summed E-state index contributed by atoms with van der Waals surface area (Å²) in [4.78, 5) is 35.1. The molecule has 138 valence electrons. The van der Waals surface area contributed by atoms with Crippen molar-refractivity contribution in [3.8, 4) is 0 Å². The topological polar surface area (TPSA) is 87.3 Å². The minimum Gasteiger partial charge on any atom is -0.379 e. The molecule has 0 saturated heterocycles. The Morgan fingerprint density at radius 1 is 1.40 bits per heavy atom. The highest BCUT2D eigenvalue weighted by molar-refractivity contribution is 7.20. The number of nitrogens with zero attached hydrogens (tertiary/aromatic N) is 2. The Labute approximate surface area is 151 Å². The van der Waals surface area contributed by atoms with E-state index >= 15 is 0 Å². The van der Waals surface area contributed by atoms with E-state index in [-0.39, 0.29) is 17.6 Å². The van der Waals surface area contributed by atoms with E-state index in [1.807, 2.05) is 32.8 Å². The molecule has 2 aromatic rings. The average Bonchev–Trinajstić information content (AvgIpc) is 2.83. The number of aryl methyl sites for hydroxylation is 1. The van der Waals surface area contributed by atoms with Crippen LogP contribution in [0.1, 0.15) is 41.3 Å². The number of hydrogen-bond donors (Lipinski definition) is 2. The van der Waals surface area contributed by atoms with Gasteiger partial charge in [-0.2, -0.15) is 0 Å². The van der Waals surface area contributed by atoms with Gasteiger partial charge >= 0.3 is 0 Å². The number of rotatable bonds is 8. The first-order valence-electron chi connectivity index (χ1n) is 8.36. The third kappa shape index (κ3) is 5.10. The quantitative estimate of drug-likeness (QED) is 0.697. The molecule has 25 heavy (non-hydrogen) atoms. The van der Waals surface area contributed by atoms with Gasteiger partial charge in [-0.3, -0.25) is 9.59 Å². The van der Waals surface area contributed by atoms with Gasteiger partial charge in [-0.05, 0) is 46.9 Å². The molecular formula is C17H26N4O3S. The predicted molar refractivity (Wildman–Crippen MR) is 100 cm³/mol. The van der Waals surface area contributed by atoms with Gasteiger partial charge in [0.05, 0.1) is 22.9 Å². The van der Waals surface area contributed by atoms with E-state index in [1.165, 1.54) is 11.3 Å². The summed E-state index contributed by atoms with van der Waals surface area (Å²) in [6, 6.07) is 0. The molecule has 2 heterocycles. The Balaban J connectivity index is 2.13.